The predicted molar refractivity (Wildman–Crippen MR) is 96.9 cm³/mol. The van der Waals surface area contributed by atoms with E-state index in [4.69, 9.17) is 0 Å². The van der Waals surface area contributed by atoms with Crippen molar-refractivity contribution in [1.82, 2.24) is 9.80 Å². The molecule has 130 valence electrons. The molecule has 2 saturated heterocycles. The average molecular weight is 326 g/mol. The molecule has 0 spiro atoms. The predicted octanol–water partition coefficient (Wildman–Crippen LogP) is 3.13. The van der Waals surface area contributed by atoms with E-state index in [1.54, 1.807) is 11.1 Å². The number of nitrogens with zero attached hydrogens (tertiary/aromatic N) is 2. The second kappa shape index (κ2) is 7.26. The molecule has 0 bridgehead atoms. The molecule has 1 aliphatic carbocycles. The Kier molecular flexibility index (Phi) is 4.88. The van der Waals surface area contributed by atoms with Crippen molar-refractivity contribution < 1.29 is 4.79 Å². The van der Waals surface area contributed by atoms with Gasteiger partial charge in [-0.25, -0.2) is 0 Å². The van der Waals surface area contributed by atoms with E-state index in [9.17, 15) is 4.79 Å². The first-order valence-corrected chi connectivity index (χ1v) is 9.85. The standard InChI is InChI=1S/C21H30N2O/c24-21-7-3-4-10-23(21)16-17-8-11-22(12-9-17)15-18-13-19-5-1-2-6-20(19)14-18/h1-2,5-6,17-18H,3-4,7-16H2. The van der Waals surface area contributed by atoms with Crippen LogP contribution in [0.25, 0.3) is 0 Å². The Morgan fingerprint density at radius 3 is 2.25 bits per heavy atom. The molecule has 3 nitrogen and oxygen atoms in total. The lowest BCUT2D eigenvalue weighted by Gasteiger charge is -2.37. The van der Waals surface area contributed by atoms with E-state index in [0.29, 0.717) is 5.91 Å². The molecule has 1 aromatic carbocycles. The normalized spacial score (nSPS) is 23.7. The first-order valence-electron chi connectivity index (χ1n) is 9.85. The number of rotatable bonds is 4. The van der Waals surface area contributed by atoms with Crippen LogP contribution >= 0.6 is 0 Å². The SMILES string of the molecule is O=C1CCCCN1CC1CCN(CC2Cc3ccccc3C2)CC1. The van der Waals surface area contributed by atoms with Gasteiger partial charge in [0.1, 0.15) is 0 Å². The topological polar surface area (TPSA) is 23.6 Å². The van der Waals surface area contributed by atoms with Crippen LogP contribution in [0.4, 0.5) is 0 Å². The summed E-state index contributed by atoms with van der Waals surface area (Å²) in [4.78, 5) is 16.8. The summed E-state index contributed by atoms with van der Waals surface area (Å²) in [6.45, 7) is 5.71. The van der Waals surface area contributed by atoms with E-state index < -0.39 is 0 Å². The molecule has 0 radical (unpaired) electrons. The van der Waals surface area contributed by atoms with E-state index in [0.717, 1.165) is 37.8 Å². The summed E-state index contributed by atoms with van der Waals surface area (Å²) in [7, 11) is 0. The van der Waals surface area contributed by atoms with Crippen LogP contribution in [0.15, 0.2) is 24.3 Å². The maximum Gasteiger partial charge on any atom is 0.222 e. The molecule has 3 aliphatic rings. The summed E-state index contributed by atoms with van der Waals surface area (Å²) in [5.41, 5.74) is 3.14. The van der Waals surface area contributed by atoms with Gasteiger partial charge in [-0.2, -0.15) is 0 Å². The molecule has 0 N–H and O–H groups in total. The molecule has 24 heavy (non-hydrogen) atoms. The van der Waals surface area contributed by atoms with Crippen LogP contribution < -0.4 is 0 Å². The van der Waals surface area contributed by atoms with Crippen LogP contribution in [0, 0.1) is 11.8 Å². The van der Waals surface area contributed by atoms with E-state index in [1.807, 2.05) is 0 Å². The van der Waals surface area contributed by atoms with Gasteiger partial charge in [-0.1, -0.05) is 24.3 Å². The van der Waals surface area contributed by atoms with Crippen molar-refractivity contribution in [2.75, 3.05) is 32.7 Å². The van der Waals surface area contributed by atoms with Crippen LogP contribution in [0.3, 0.4) is 0 Å². The zero-order valence-electron chi connectivity index (χ0n) is 14.8. The molecule has 1 amide bonds. The minimum absolute atomic E-state index is 0.396. The van der Waals surface area contributed by atoms with Gasteiger partial charge < -0.3 is 9.80 Å². The maximum atomic E-state index is 12.0. The summed E-state index contributed by atoms with van der Waals surface area (Å²) < 4.78 is 0. The zero-order chi connectivity index (χ0) is 16.4. The Balaban J connectivity index is 1.22. The lowest BCUT2D eigenvalue weighted by Crippen LogP contribution is -2.43. The van der Waals surface area contributed by atoms with Gasteiger partial charge in [-0.15, -0.1) is 0 Å². The molecule has 2 heterocycles. The minimum atomic E-state index is 0.396. The van der Waals surface area contributed by atoms with Crippen molar-refractivity contribution in [3.05, 3.63) is 35.4 Å². The van der Waals surface area contributed by atoms with Gasteiger partial charge in [-0.3, -0.25) is 4.79 Å². The van der Waals surface area contributed by atoms with E-state index in [-0.39, 0.29) is 0 Å². The molecular formula is C21H30N2O. The van der Waals surface area contributed by atoms with Gasteiger partial charge in [0, 0.05) is 26.1 Å². The van der Waals surface area contributed by atoms with E-state index in [2.05, 4.69) is 34.1 Å². The van der Waals surface area contributed by atoms with E-state index >= 15 is 0 Å². The lowest BCUT2D eigenvalue weighted by atomic mass is 9.94. The second-order valence-electron chi connectivity index (χ2n) is 8.08. The highest BCUT2D eigenvalue weighted by Gasteiger charge is 2.28. The highest BCUT2D eigenvalue weighted by molar-refractivity contribution is 5.76. The average Bonchev–Trinajstić information content (AvgIpc) is 3.01. The molecule has 0 unspecified atom stereocenters. The fraction of sp³-hybridized carbons (Fsp3) is 0.667. The van der Waals surface area contributed by atoms with Crippen molar-refractivity contribution in [2.45, 2.75) is 44.9 Å². The molecule has 4 rings (SSSR count). The Morgan fingerprint density at radius 1 is 0.875 bits per heavy atom. The Morgan fingerprint density at radius 2 is 1.58 bits per heavy atom. The van der Waals surface area contributed by atoms with Crippen LogP contribution in [-0.4, -0.2) is 48.4 Å². The van der Waals surface area contributed by atoms with Gasteiger partial charge in [0.25, 0.3) is 0 Å². The van der Waals surface area contributed by atoms with Crippen molar-refractivity contribution in [1.29, 1.82) is 0 Å². The molecule has 0 atom stereocenters. The summed E-state index contributed by atoms with van der Waals surface area (Å²) in [5, 5.41) is 0. The van der Waals surface area contributed by atoms with Crippen molar-refractivity contribution in [3.8, 4) is 0 Å². The quantitative estimate of drug-likeness (QED) is 0.849. The van der Waals surface area contributed by atoms with Gasteiger partial charge in [-0.05, 0) is 74.6 Å². The smallest absolute Gasteiger partial charge is 0.222 e. The molecule has 0 saturated carbocycles. The summed E-state index contributed by atoms with van der Waals surface area (Å²) >= 11 is 0. The number of hydrogen-bond donors (Lipinski definition) is 0. The first-order chi connectivity index (χ1) is 11.8. The van der Waals surface area contributed by atoms with Crippen molar-refractivity contribution >= 4 is 5.91 Å². The van der Waals surface area contributed by atoms with Gasteiger partial charge in [0.2, 0.25) is 5.91 Å². The third-order valence-electron chi connectivity index (χ3n) is 6.26. The molecule has 1 aromatic rings. The number of hydrogen-bond acceptors (Lipinski definition) is 2. The number of amides is 1. The summed E-state index contributed by atoms with van der Waals surface area (Å²) in [6, 6.07) is 8.96. The first kappa shape index (κ1) is 16.1. The van der Waals surface area contributed by atoms with Crippen LogP contribution in [0.1, 0.15) is 43.2 Å². The van der Waals surface area contributed by atoms with Gasteiger partial charge in [0.15, 0.2) is 0 Å². The number of carbonyl (C=O) groups excluding carboxylic acids is 1. The molecule has 3 heteroatoms. The number of likely N-dealkylation sites (tertiary alicyclic amines) is 2. The number of fused-ring (bicyclic) bond motifs is 1. The van der Waals surface area contributed by atoms with Crippen molar-refractivity contribution in [3.63, 3.8) is 0 Å². The maximum absolute atomic E-state index is 12.0. The fourth-order valence-corrected chi connectivity index (χ4v) is 4.86. The van der Waals surface area contributed by atoms with Crippen molar-refractivity contribution in [2.24, 2.45) is 11.8 Å². The minimum Gasteiger partial charge on any atom is -0.342 e. The molecule has 2 fully saturated rings. The number of piperidine rings is 2. The molecular weight excluding hydrogens is 296 g/mol. The fourth-order valence-electron chi connectivity index (χ4n) is 4.86. The van der Waals surface area contributed by atoms with Crippen LogP contribution in [-0.2, 0) is 17.6 Å². The highest BCUT2D eigenvalue weighted by Crippen LogP contribution is 2.28. The highest BCUT2D eigenvalue weighted by atomic mass is 16.2. The van der Waals surface area contributed by atoms with Crippen LogP contribution in [0.5, 0.6) is 0 Å². The number of carbonyl (C=O) groups is 1. The van der Waals surface area contributed by atoms with Crippen LogP contribution in [0.2, 0.25) is 0 Å². The Bertz CT molecular complexity index is 552. The molecule has 0 aromatic heterocycles. The third kappa shape index (κ3) is 3.66. The molecule has 2 aliphatic heterocycles. The second-order valence-corrected chi connectivity index (χ2v) is 8.08. The summed E-state index contributed by atoms with van der Waals surface area (Å²) in [6.07, 6.45) is 8.13. The van der Waals surface area contributed by atoms with Gasteiger partial charge >= 0.3 is 0 Å². The third-order valence-corrected chi connectivity index (χ3v) is 6.26. The zero-order valence-corrected chi connectivity index (χ0v) is 14.8. The van der Waals surface area contributed by atoms with Gasteiger partial charge in [0.05, 0.1) is 0 Å². The number of benzene rings is 1. The monoisotopic (exact) mass is 326 g/mol. The van der Waals surface area contributed by atoms with E-state index in [1.165, 1.54) is 51.7 Å². The largest absolute Gasteiger partial charge is 0.342 e. The Hall–Kier alpha value is -1.35. The summed E-state index contributed by atoms with van der Waals surface area (Å²) in [5.74, 6) is 1.93. The Labute approximate surface area is 146 Å². The lowest BCUT2D eigenvalue weighted by molar-refractivity contribution is -0.134.